The highest BCUT2D eigenvalue weighted by Crippen LogP contribution is 2.45. The first-order chi connectivity index (χ1) is 14.1. The second-order valence-corrected chi connectivity index (χ2v) is 8.51. The first kappa shape index (κ1) is 18.4. The van der Waals surface area contributed by atoms with Crippen molar-refractivity contribution in [3.63, 3.8) is 0 Å². The summed E-state index contributed by atoms with van der Waals surface area (Å²) >= 11 is 0. The maximum atomic E-state index is 13.2. The Morgan fingerprint density at radius 2 is 2.07 bits per heavy atom. The molecule has 0 bridgehead atoms. The average Bonchev–Trinajstić information content (AvgIpc) is 3.23. The molecule has 5 rings (SSSR count). The molecule has 2 aromatic rings. The second-order valence-electron chi connectivity index (χ2n) is 8.51. The van der Waals surface area contributed by atoms with Crippen LogP contribution in [-0.2, 0) is 21.5 Å². The van der Waals surface area contributed by atoms with Crippen LogP contribution in [0.5, 0.6) is 0 Å². The number of amides is 2. The van der Waals surface area contributed by atoms with Gasteiger partial charge in [-0.25, -0.2) is 4.98 Å². The fraction of sp³-hybridized carbons (Fsp3) is 0.619. The van der Waals surface area contributed by atoms with Gasteiger partial charge in [0.25, 0.3) is 0 Å². The molecule has 4 heterocycles. The number of carbonyl (C=O) groups excluding carboxylic acids is 2. The number of likely N-dealkylation sites (tertiary alicyclic amines) is 1. The number of nitrogens with one attached hydrogen (secondary N) is 1. The predicted octanol–water partition coefficient (Wildman–Crippen LogP) is 1.87. The van der Waals surface area contributed by atoms with Gasteiger partial charge in [0.1, 0.15) is 6.04 Å². The third kappa shape index (κ3) is 2.96. The molecule has 154 valence electrons. The molecule has 0 aromatic carbocycles. The maximum absolute atomic E-state index is 13.2. The van der Waals surface area contributed by atoms with Crippen molar-refractivity contribution in [1.29, 1.82) is 0 Å². The van der Waals surface area contributed by atoms with Crippen LogP contribution >= 0.6 is 0 Å². The van der Waals surface area contributed by atoms with Crippen LogP contribution in [-0.4, -0.2) is 61.0 Å². The minimum absolute atomic E-state index is 0.115. The number of fused-ring (bicyclic) bond motifs is 2. The summed E-state index contributed by atoms with van der Waals surface area (Å²) in [4.78, 5) is 38.2. The molecule has 1 saturated heterocycles. The molecule has 1 atom stereocenters. The molecule has 8 heteroatoms. The van der Waals surface area contributed by atoms with Crippen LogP contribution in [0.3, 0.4) is 0 Å². The number of nitrogens with zero attached hydrogens (tertiary/aromatic N) is 5. The lowest BCUT2D eigenvalue weighted by Gasteiger charge is -2.50. The number of hydrogen-bond donors (Lipinski definition) is 1. The Hall–Kier alpha value is -2.64. The maximum Gasteiger partial charge on any atom is 0.247 e. The van der Waals surface area contributed by atoms with Gasteiger partial charge >= 0.3 is 0 Å². The van der Waals surface area contributed by atoms with Gasteiger partial charge < -0.3 is 14.8 Å². The molecule has 0 radical (unpaired) electrons. The molecule has 1 aliphatic carbocycles. The van der Waals surface area contributed by atoms with Gasteiger partial charge in [-0.2, -0.15) is 5.10 Å². The van der Waals surface area contributed by atoms with Gasteiger partial charge in [0.15, 0.2) is 0 Å². The number of carbonyl (C=O) groups is 2. The van der Waals surface area contributed by atoms with Crippen LogP contribution in [0.15, 0.2) is 24.8 Å². The van der Waals surface area contributed by atoms with Gasteiger partial charge in [0, 0.05) is 50.1 Å². The lowest BCUT2D eigenvalue weighted by molar-refractivity contribution is -0.146. The fourth-order valence-corrected chi connectivity index (χ4v) is 5.10. The first-order valence-corrected chi connectivity index (χ1v) is 10.8. The summed E-state index contributed by atoms with van der Waals surface area (Å²) in [5, 5.41) is 4.27. The number of hydrogen-bond acceptors (Lipinski definition) is 4. The van der Waals surface area contributed by atoms with E-state index in [0.29, 0.717) is 19.5 Å². The largest absolute Gasteiger partial charge is 0.348 e. The van der Waals surface area contributed by atoms with Crippen LogP contribution in [0.1, 0.15) is 56.5 Å². The lowest BCUT2D eigenvalue weighted by Crippen LogP contribution is -2.59. The average molecular weight is 396 g/mol. The molecule has 2 aromatic heterocycles. The van der Waals surface area contributed by atoms with Crippen molar-refractivity contribution in [2.75, 3.05) is 19.6 Å². The van der Waals surface area contributed by atoms with Gasteiger partial charge in [0.2, 0.25) is 11.8 Å². The number of imidazole rings is 1. The van der Waals surface area contributed by atoms with E-state index in [1.54, 1.807) is 17.2 Å². The van der Waals surface area contributed by atoms with E-state index < -0.39 is 0 Å². The minimum atomic E-state index is -0.378. The summed E-state index contributed by atoms with van der Waals surface area (Å²) in [7, 11) is 0. The van der Waals surface area contributed by atoms with E-state index in [4.69, 9.17) is 0 Å². The number of rotatable bonds is 4. The Balaban J connectivity index is 1.38. The Labute approximate surface area is 170 Å². The smallest absolute Gasteiger partial charge is 0.247 e. The zero-order chi connectivity index (χ0) is 20.0. The molecule has 2 amide bonds. The third-order valence-electron chi connectivity index (χ3n) is 6.87. The van der Waals surface area contributed by atoms with Crippen molar-refractivity contribution in [2.24, 2.45) is 5.92 Å². The predicted molar refractivity (Wildman–Crippen MR) is 106 cm³/mol. The first-order valence-electron chi connectivity index (χ1n) is 10.8. The number of aromatic amines is 1. The zero-order valence-corrected chi connectivity index (χ0v) is 16.9. The van der Waals surface area contributed by atoms with Crippen molar-refractivity contribution >= 4 is 11.8 Å². The van der Waals surface area contributed by atoms with Crippen LogP contribution in [0.4, 0.5) is 0 Å². The summed E-state index contributed by atoms with van der Waals surface area (Å²) in [5.41, 5.74) is 1.79. The van der Waals surface area contributed by atoms with E-state index >= 15 is 0 Å². The number of aromatic nitrogens is 4. The highest BCUT2D eigenvalue weighted by Gasteiger charge is 2.51. The summed E-state index contributed by atoms with van der Waals surface area (Å²) in [5.74, 6) is 0.585. The lowest BCUT2D eigenvalue weighted by atomic mass is 9.78. The van der Waals surface area contributed by atoms with Crippen molar-refractivity contribution in [1.82, 2.24) is 29.5 Å². The van der Waals surface area contributed by atoms with Crippen molar-refractivity contribution in [3.05, 3.63) is 36.2 Å². The van der Waals surface area contributed by atoms with Gasteiger partial charge in [0.05, 0.1) is 17.6 Å². The molecule has 2 fully saturated rings. The molecule has 3 aliphatic rings. The highest BCUT2D eigenvalue weighted by atomic mass is 16.2. The van der Waals surface area contributed by atoms with E-state index in [2.05, 4.69) is 20.0 Å². The molecule has 1 N–H and O–H groups in total. The molecular weight excluding hydrogens is 368 g/mol. The Morgan fingerprint density at radius 3 is 2.72 bits per heavy atom. The Morgan fingerprint density at radius 1 is 1.28 bits per heavy atom. The Bertz CT molecular complexity index is 892. The Kier molecular flexibility index (Phi) is 4.44. The standard InChI is InChI=1S/C21H28N6O2/c1-2-17(27-10-3-9-24-27)20(29)25-12-7-21(8-13-25)18-16(22-14-23-18)6-11-26(21)19(28)15-4-5-15/h3,9-10,14-15,17H,2,4-8,11-13H2,1H3,(H,22,23)/t17-/m1/s1. The van der Waals surface area contributed by atoms with Gasteiger partial charge in [-0.15, -0.1) is 0 Å². The summed E-state index contributed by atoms with van der Waals surface area (Å²) in [6.45, 7) is 4.03. The van der Waals surface area contributed by atoms with E-state index in [1.165, 1.54) is 0 Å². The topological polar surface area (TPSA) is 87.1 Å². The molecule has 0 unspecified atom stereocenters. The van der Waals surface area contributed by atoms with E-state index in [-0.39, 0.29) is 29.3 Å². The zero-order valence-electron chi connectivity index (χ0n) is 16.9. The van der Waals surface area contributed by atoms with E-state index in [0.717, 1.165) is 50.0 Å². The molecule has 8 nitrogen and oxygen atoms in total. The van der Waals surface area contributed by atoms with Crippen LogP contribution in [0.25, 0.3) is 0 Å². The minimum Gasteiger partial charge on any atom is -0.348 e. The molecular formula is C21H28N6O2. The normalized spacial score (nSPS) is 21.8. The summed E-state index contributed by atoms with van der Waals surface area (Å²) in [6.07, 6.45) is 10.3. The second kappa shape index (κ2) is 7.00. The number of piperidine rings is 1. The summed E-state index contributed by atoms with van der Waals surface area (Å²) < 4.78 is 1.75. The molecule has 1 spiro atoms. The molecule has 29 heavy (non-hydrogen) atoms. The number of H-pyrrole nitrogens is 1. The van der Waals surface area contributed by atoms with E-state index in [1.807, 2.05) is 24.1 Å². The third-order valence-corrected chi connectivity index (χ3v) is 6.87. The monoisotopic (exact) mass is 396 g/mol. The van der Waals surface area contributed by atoms with Crippen LogP contribution < -0.4 is 0 Å². The highest BCUT2D eigenvalue weighted by molar-refractivity contribution is 5.83. The van der Waals surface area contributed by atoms with Crippen LogP contribution in [0, 0.1) is 5.92 Å². The SMILES string of the molecule is CC[C@H](C(=O)N1CCC2(CC1)c1nc[nH]c1CCN2C(=O)C1CC1)n1cccn1. The van der Waals surface area contributed by atoms with E-state index in [9.17, 15) is 9.59 Å². The van der Waals surface area contributed by atoms with Crippen molar-refractivity contribution < 1.29 is 9.59 Å². The van der Waals surface area contributed by atoms with Crippen molar-refractivity contribution in [2.45, 2.75) is 57.0 Å². The fourth-order valence-electron chi connectivity index (χ4n) is 5.10. The van der Waals surface area contributed by atoms with Gasteiger partial charge in [-0.05, 0) is 38.2 Å². The van der Waals surface area contributed by atoms with Gasteiger partial charge in [-0.3, -0.25) is 14.3 Å². The molecule has 2 aliphatic heterocycles. The summed E-state index contributed by atoms with van der Waals surface area (Å²) in [6, 6.07) is 1.58. The van der Waals surface area contributed by atoms with Crippen molar-refractivity contribution in [3.8, 4) is 0 Å². The van der Waals surface area contributed by atoms with Gasteiger partial charge in [-0.1, -0.05) is 6.92 Å². The molecule has 1 saturated carbocycles. The van der Waals surface area contributed by atoms with Crippen LogP contribution in [0.2, 0.25) is 0 Å². The quantitative estimate of drug-likeness (QED) is 0.855.